The van der Waals surface area contributed by atoms with Crippen LogP contribution in [0.15, 0.2) is 48.8 Å². The van der Waals surface area contributed by atoms with Crippen molar-refractivity contribution in [3.63, 3.8) is 0 Å². The summed E-state index contributed by atoms with van der Waals surface area (Å²) >= 11 is 6.10. The first-order valence-corrected chi connectivity index (χ1v) is 10.1. The number of carbonyl (C=O) groups is 2. The standard InChI is InChI=1S/C20H19ClFN7O3/c21-13-5-6-16(28-11-24-26-27-28)12(9-13)10-23-19(31)17-7-8-25-29(17)20(32)18(30)14-3-1-2-4-15(14)22/h1-6,9,11,17-18,25,30H,7-8,10H2,(H,23,31). The van der Waals surface area contributed by atoms with Crippen molar-refractivity contribution < 1.29 is 19.1 Å². The van der Waals surface area contributed by atoms with E-state index in [1.807, 2.05) is 0 Å². The van der Waals surface area contributed by atoms with E-state index in [1.165, 1.54) is 29.2 Å². The van der Waals surface area contributed by atoms with Crippen LogP contribution in [0.5, 0.6) is 0 Å². The van der Waals surface area contributed by atoms with Gasteiger partial charge in [-0.2, -0.15) is 0 Å². The van der Waals surface area contributed by atoms with Crippen LogP contribution in [-0.2, 0) is 16.1 Å². The number of nitrogens with zero attached hydrogens (tertiary/aromatic N) is 5. The van der Waals surface area contributed by atoms with Crippen molar-refractivity contribution in [1.82, 2.24) is 36.0 Å². The minimum Gasteiger partial charge on any atom is -0.378 e. The minimum absolute atomic E-state index is 0.100. The summed E-state index contributed by atoms with van der Waals surface area (Å²) in [4.78, 5) is 25.6. The van der Waals surface area contributed by atoms with Crippen LogP contribution < -0.4 is 10.7 Å². The Morgan fingerprint density at radius 3 is 2.88 bits per heavy atom. The average molecular weight is 460 g/mol. The second-order valence-electron chi connectivity index (χ2n) is 7.09. The molecule has 2 heterocycles. The molecule has 1 fully saturated rings. The highest BCUT2D eigenvalue weighted by Crippen LogP contribution is 2.22. The Balaban J connectivity index is 1.46. The molecular formula is C20H19ClFN7O3. The van der Waals surface area contributed by atoms with Crippen LogP contribution in [-0.4, -0.2) is 54.7 Å². The third-order valence-electron chi connectivity index (χ3n) is 5.08. The summed E-state index contributed by atoms with van der Waals surface area (Å²) in [5.74, 6) is -1.96. The van der Waals surface area contributed by atoms with Gasteiger partial charge in [0, 0.05) is 23.7 Å². The maximum atomic E-state index is 14.0. The highest BCUT2D eigenvalue weighted by Gasteiger charge is 2.38. The maximum Gasteiger partial charge on any atom is 0.270 e. The fraction of sp³-hybridized carbons (Fsp3) is 0.250. The number of aliphatic hydroxyl groups excluding tert-OH is 1. The molecule has 10 nitrogen and oxygen atoms in total. The quantitative estimate of drug-likeness (QED) is 0.500. The van der Waals surface area contributed by atoms with Crippen LogP contribution in [0.3, 0.4) is 0 Å². The van der Waals surface area contributed by atoms with Crippen molar-refractivity contribution in [3.05, 3.63) is 70.8 Å². The van der Waals surface area contributed by atoms with E-state index in [9.17, 15) is 19.1 Å². The van der Waals surface area contributed by atoms with Gasteiger partial charge in [-0.15, -0.1) is 5.10 Å². The summed E-state index contributed by atoms with van der Waals surface area (Å²) in [7, 11) is 0. The van der Waals surface area contributed by atoms with E-state index >= 15 is 0 Å². The molecular weight excluding hydrogens is 441 g/mol. The van der Waals surface area contributed by atoms with Crippen LogP contribution in [0.2, 0.25) is 5.02 Å². The monoisotopic (exact) mass is 459 g/mol. The lowest BCUT2D eigenvalue weighted by Gasteiger charge is -2.26. The maximum absolute atomic E-state index is 14.0. The molecule has 2 aromatic carbocycles. The van der Waals surface area contributed by atoms with Crippen molar-refractivity contribution >= 4 is 23.4 Å². The van der Waals surface area contributed by atoms with Gasteiger partial charge in [-0.1, -0.05) is 29.8 Å². The molecule has 1 aromatic heterocycles. The van der Waals surface area contributed by atoms with Gasteiger partial charge >= 0.3 is 0 Å². The first kappa shape index (κ1) is 21.8. The second-order valence-corrected chi connectivity index (χ2v) is 7.53. The lowest BCUT2D eigenvalue weighted by molar-refractivity contribution is -0.148. The Morgan fingerprint density at radius 2 is 2.12 bits per heavy atom. The Morgan fingerprint density at radius 1 is 1.31 bits per heavy atom. The number of benzene rings is 2. The number of aromatic nitrogens is 4. The average Bonchev–Trinajstić information content (AvgIpc) is 3.49. The van der Waals surface area contributed by atoms with Crippen molar-refractivity contribution in [1.29, 1.82) is 0 Å². The number of halogens is 2. The third kappa shape index (κ3) is 4.44. The van der Waals surface area contributed by atoms with E-state index < -0.39 is 29.8 Å². The van der Waals surface area contributed by atoms with Crippen molar-refractivity contribution in [2.75, 3.05) is 6.54 Å². The topological polar surface area (TPSA) is 125 Å². The molecule has 0 spiro atoms. The molecule has 2 unspecified atom stereocenters. The molecule has 3 aromatic rings. The summed E-state index contributed by atoms with van der Waals surface area (Å²) in [5.41, 5.74) is 3.92. The van der Waals surface area contributed by atoms with Crippen LogP contribution in [0.4, 0.5) is 4.39 Å². The molecule has 0 aliphatic carbocycles. The number of nitrogens with one attached hydrogen (secondary N) is 2. The van der Waals surface area contributed by atoms with Gasteiger partial charge in [-0.3, -0.25) is 14.6 Å². The van der Waals surface area contributed by atoms with Gasteiger partial charge in [0.05, 0.1) is 5.69 Å². The van der Waals surface area contributed by atoms with Gasteiger partial charge in [0.15, 0.2) is 6.10 Å². The van der Waals surface area contributed by atoms with Crippen LogP contribution in [0.25, 0.3) is 5.69 Å². The Kier molecular flexibility index (Phi) is 6.40. The van der Waals surface area contributed by atoms with Gasteiger partial charge in [-0.25, -0.2) is 14.5 Å². The molecule has 3 N–H and O–H groups in total. The smallest absolute Gasteiger partial charge is 0.270 e. The minimum atomic E-state index is -1.74. The van der Waals surface area contributed by atoms with E-state index in [0.717, 1.165) is 11.1 Å². The summed E-state index contributed by atoms with van der Waals surface area (Å²) in [6.07, 6.45) is 0.00754. The largest absolute Gasteiger partial charge is 0.378 e. The molecule has 12 heteroatoms. The highest BCUT2D eigenvalue weighted by molar-refractivity contribution is 6.30. The zero-order chi connectivity index (χ0) is 22.7. The van der Waals surface area contributed by atoms with Gasteiger partial charge in [0.25, 0.3) is 5.91 Å². The molecule has 0 bridgehead atoms. The van der Waals surface area contributed by atoms with Gasteiger partial charge in [-0.05, 0) is 46.7 Å². The fourth-order valence-electron chi connectivity index (χ4n) is 3.49. The number of hydrogen-bond donors (Lipinski definition) is 3. The van der Waals surface area contributed by atoms with E-state index in [2.05, 4.69) is 26.3 Å². The first-order valence-electron chi connectivity index (χ1n) is 9.74. The molecule has 0 saturated carbocycles. The molecule has 32 heavy (non-hydrogen) atoms. The number of hydrogen-bond acceptors (Lipinski definition) is 7. The SMILES string of the molecule is O=C(NCc1cc(Cl)ccc1-n1cnnn1)C1CCNN1C(=O)C(O)c1ccccc1F. The van der Waals surface area contributed by atoms with Crippen molar-refractivity contribution in [2.24, 2.45) is 0 Å². The van der Waals surface area contributed by atoms with Crippen molar-refractivity contribution in [3.8, 4) is 5.69 Å². The van der Waals surface area contributed by atoms with Crippen LogP contribution >= 0.6 is 11.6 Å². The van der Waals surface area contributed by atoms with Crippen molar-refractivity contribution in [2.45, 2.75) is 25.1 Å². The number of aliphatic hydroxyl groups is 1. The number of rotatable bonds is 6. The summed E-state index contributed by atoms with van der Waals surface area (Å²) in [6, 6.07) is 9.65. The van der Waals surface area contributed by atoms with E-state index in [0.29, 0.717) is 29.2 Å². The molecule has 2 amide bonds. The summed E-state index contributed by atoms with van der Waals surface area (Å²) in [5, 5.41) is 25.7. The number of hydrazine groups is 1. The van der Waals surface area contributed by atoms with E-state index in [4.69, 9.17) is 11.6 Å². The Hall–Kier alpha value is -3.41. The molecule has 2 atom stereocenters. The summed E-state index contributed by atoms with van der Waals surface area (Å²) < 4.78 is 15.4. The van der Waals surface area contributed by atoms with Gasteiger partial charge in [0.2, 0.25) is 5.91 Å². The number of tetrazole rings is 1. The fourth-order valence-corrected chi connectivity index (χ4v) is 3.69. The predicted molar refractivity (Wildman–Crippen MR) is 111 cm³/mol. The molecule has 1 aliphatic rings. The zero-order valence-electron chi connectivity index (χ0n) is 16.7. The normalized spacial score (nSPS) is 16.7. The molecule has 1 saturated heterocycles. The number of carbonyl (C=O) groups excluding carboxylic acids is 2. The van der Waals surface area contributed by atoms with Crippen LogP contribution in [0, 0.1) is 5.82 Å². The Bertz CT molecular complexity index is 1130. The lowest BCUT2D eigenvalue weighted by atomic mass is 10.1. The van der Waals surface area contributed by atoms with E-state index in [-0.39, 0.29) is 12.1 Å². The molecule has 4 rings (SSSR count). The zero-order valence-corrected chi connectivity index (χ0v) is 17.4. The van der Waals surface area contributed by atoms with Gasteiger partial charge in [0.1, 0.15) is 18.2 Å². The second kappa shape index (κ2) is 9.39. The summed E-state index contributed by atoms with van der Waals surface area (Å²) in [6.45, 7) is 0.448. The van der Waals surface area contributed by atoms with Crippen LogP contribution in [0.1, 0.15) is 23.7 Å². The number of amides is 2. The predicted octanol–water partition coefficient (Wildman–Crippen LogP) is 0.910. The molecule has 0 radical (unpaired) electrons. The third-order valence-corrected chi connectivity index (χ3v) is 5.31. The lowest BCUT2D eigenvalue weighted by Crippen LogP contribution is -2.51. The first-order chi connectivity index (χ1) is 15.5. The highest BCUT2D eigenvalue weighted by atomic mass is 35.5. The molecule has 1 aliphatic heterocycles. The Labute approximate surface area is 186 Å². The van der Waals surface area contributed by atoms with Gasteiger partial charge < -0.3 is 10.4 Å². The van der Waals surface area contributed by atoms with E-state index in [1.54, 1.807) is 18.2 Å². The molecule has 166 valence electrons.